The number of hydrogen-bond donors (Lipinski definition) is 1. The van der Waals surface area contributed by atoms with Gasteiger partial charge in [-0.2, -0.15) is 0 Å². The van der Waals surface area contributed by atoms with Gasteiger partial charge in [0.05, 0.1) is 12.3 Å². The zero-order chi connectivity index (χ0) is 15.1. The number of hydrogen-bond acceptors (Lipinski definition) is 4. The molecule has 0 radical (unpaired) electrons. The summed E-state index contributed by atoms with van der Waals surface area (Å²) in [6.07, 6.45) is 1.76. The number of methoxy groups -OCH3 is 1. The molecule has 0 aliphatic carbocycles. The Labute approximate surface area is 133 Å². The van der Waals surface area contributed by atoms with Crippen molar-refractivity contribution in [2.75, 3.05) is 20.3 Å². The maximum absolute atomic E-state index is 6.01. The maximum Gasteiger partial charge on any atom is 0.148 e. The summed E-state index contributed by atoms with van der Waals surface area (Å²) >= 11 is 3.49. The van der Waals surface area contributed by atoms with Crippen LogP contribution in [0.25, 0.3) is 0 Å². The summed E-state index contributed by atoms with van der Waals surface area (Å²) in [6.45, 7) is 4.15. The molecule has 1 heterocycles. The lowest BCUT2D eigenvalue weighted by Gasteiger charge is -2.13. The van der Waals surface area contributed by atoms with Crippen LogP contribution in [0.5, 0.6) is 11.5 Å². The number of halogens is 1. The van der Waals surface area contributed by atoms with E-state index in [1.54, 1.807) is 13.3 Å². The van der Waals surface area contributed by atoms with E-state index in [9.17, 15) is 0 Å². The zero-order valence-electron chi connectivity index (χ0n) is 12.2. The van der Waals surface area contributed by atoms with Crippen LogP contribution in [-0.2, 0) is 11.3 Å². The molecule has 0 saturated carbocycles. The summed E-state index contributed by atoms with van der Waals surface area (Å²) in [6, 6.07) is 9.82. The fourth-order valence-electron chi connectivity index (χ4n) is 1.86. The second-order valence-electron chi connectivity index (χ2n) is 4.61. The van der Waals surface area contributed by atoms with E-state index < -0.39 is 0 Å². The summed E-state index contributed by atoms with van der Waals surface area (Å²) in [4.78, 5) is 4.25. The SMILES string of the molecule is COCCNCc1ccc(Br)cc1Oc1cccnc1C. The average molecular weight is 351 g/mol. The summed E-state index contributed by atoms with van der Waals surface area (Å²) in [5, 5.41) is 3.33. The Morgan fingerprint density at radius 2 is 2.10 bits per heavy atom. The van der Waals surface area contributed by atoms with Gasteiger partial charge in [0, 0.05) is 36.4 Å². The van der Waals surface area contributed by atoms with Gasteiger partial charge < -0.3 is 14.8 Å². The first-order chi connectivity index (χ1) is 10.2. The second-order valence-corrected chi connectivity index (χ2v) is 5.53. The fourth-order valence-corrected chi connectivity index (χ4v) is 2.20. The Balaban J connectivity index is 2.13. The molecule has 2 rings (SSSR count). The van der Waals surface area contributed by atoms with Crippen molar-refractivity contribution in [2.45, 2.75) is 13.5 Å². The van der Waals surface area contributed by atoms with Crippen molar-refractivity contribution in [1.29, 1.82) is 0 Å². The molecule has 0 unspecified atom stereocenters. The van der Waals surface area contributed by atoms with Gasteiger partial charge in [-0.05, 0) is 31.2 Å². The van der Waals surface area contributed by atoms with Gasteiger partial charge in [-0.3, -0.25) is 4.98 Å². The first-order valence-corrected chi connectivity index (χ1v) is 7.57. The van der Waals surface area contributed by atoms with Crippen molar-refractivity contribution in [1.82, 2.24) is 10.3 Å². The zero-order valence-corrected chi connectivity index (χ0v) is 13.8. The molecule has 21 heavy (non-hydrogen) atoms. The van der Waals surface area contributed by atoms with Crippen LogP contribution in [0.2, 0.25) is 0 Å². The molecule has 1 aromatic carbocycles. The molecule has 0 spiro atoms. The Bertz CT molecular complexity index is 590. The van der Waals surface area contributed by atoms with Crippen LogP contribution >= 0.6 is 15.9 Å². The largest absolute Gasteiger partial charge is 0.455 e. The number of pyridine rings is 1. The van der Waals surface area contributed by atoms with Crippen molar-refractivity contribution < 1.29 is 9.47 Å². The van der Waals surface area contributed by atoms with Crippen molar-refractivity contribution in [3.05, 3.63) is 52.3 Å². The minimum Gasteiger partial charge on any atom is -0.455 e. The van der Waals surface area contributed by atoms with Crippen LogP contribution in [0.1, 0.15) is 11.3 Å². The third kappa shape index (κ3) is 4.81. The predicted octanol–water partition coefficient (Wildman–Crippen LogP) is 3.68. The molecule has 112 valence electrons. The normalized spacial score (nSPS) is 10.6. The molecule has 0 bridgehead atoms. The molecule has 4 nitrogen and oxygen atoms in total. The molecule has 1 aromatic heterocycles. The van der Waals surface area contributed by atoms with Gasteiger partial charge in [0.1, 0.15) is 11.5 Å². The van der Waals surface area contributed by atoms with E-state index in [0.29, 0.717) is 6.61 Å². The first kappa shape index (κ1) is 15.9. The Morgan fingerprint density at radius 1 is 1.24 bits per heavy atom. The topological polar surface area (TPSA) is 43.4 Å². The molecule has 0 aliphatic rings. The maximum atomic E-state index is 6.01. The summed E-state index contributed by atoms with van der Waals surface area (Å²) < 4.78 is 12.0. The lowest BCUT2D eigenvalue weighted by Crippen LogP contribution is -2.18. The molecule has 0 saturated heterocycles. The van der Waals surface area contributed by atoms with Crippen molar-refractivity contribution in [2.24, 2.45) is 0 Å². The average Bonchev–Trinajstić information content (AvgIpc) is 2.48. The molecule has 0 amide bonds. The molecule has 1 N–H and O–H groups in total. The van der Waals surface area contributed by atoms with Crippen LogP contribution in [0.4, 0.5) is 0 Å². The first-order valence-electron chi connectivity index (χ1n) is 6.78. The molecule has 0 aliphatic heterocycles. The van der Waals surface area contributed by atoms with Crippen molar-refractivity contribution >= 4 is 15.9 Å². The number of aromatic nitrogens is 1. The number of benzene rings is 1. The van der Waals surface area contributed by atoms with Gasteiger partial charge in [-0.15, -0.1) is 0 Å². The standard InChI is InChI=1S/C16H19BrN2O2/c1-12-15(4-3-7-19-12)21-16-10-14(17)6-5-13(16)11-18-8-9-20-2/h3-7,10,18H,8-9,11H2,1-2H3. The van der Waals surface area contributed by atoms with Crippen molar-refractivity contribution in [3.8, 4) is 11.5 Å². The Kier molecular flexibility index (Phi) is 6.17. The smallest absolute Gasteiger partial charge is 0.148 e. The highest BCUT2D eigenvalue weighted by atomic mass is 79.9. The highest BCUT2D eigenvalue weighted by molar-refractivity contribution is 9.10. The number of rotatable bonds is 7. The van der Waals surface area contributed by atoms with Crippen LogP contribution in [0.3, 0.4) is 0 Å². The third-order valence-corrected chi connectivity index (χ3v) is 3.50. The molecular formula is C16H19BrN2O2. The number of nitrogens with zero attached hydrogens (tertiary/aromatic N) is 1. The number of aryl methyl sites for hydroxylation is 1. The van der Waals surface area contributed by atoms with Crippen LogP contribution in [0.15, 0.2) is 41.0 Å². The molecular weight excluding hydrogens is 332 g/mol. The predicted molar refractivity (Wildman–Crippen MR) is 86.8 cm³/mol. The number of nitrogens with one attached hydrogen (secondary N) is 1. The van der Waals surface area contributed by atoms with Gasteiger partial charge in [0.2, 0.25) is 0 Å². The van der Waals surface area contributed by atoms with E-state index in [0.717, 1.165) is 40.3 Å². The van der Waals surface area contributed by atoms with Crippen LogP contribution < -0.4 is 10.1 Å². The van der Waals surface area contributed by atoms with E-state index in [-0.39, 0.29) is 0 Å². The summed E-state index contributed by atoms with van der Waals surface area (Å²) in [5.74, 6) is 1.60. The van der Waals surface area contributed by atoms with E-state index in [1.165, 1.54) is 0 Å². The van der Waals surface area contributed by atoms with Gasteiger partial charge >= 0.3 is 0 Å². The molecule has 2 aromatic rings. The number of ether oxygens (including phenoxy) is 2. The summed E-state index contributed by atoms with van der Waals surface area (Å²) in [5.41, 5.74) is 1.97. The van der Waals surface area contributed by atoms with Gasteiger partial charge in [0.15, 0.2) is 0 Å². The quantitative estimate of drug-likeness (QED) is 0.773. The van der Waals surface area contributed by atoms with E-state index in [4.69, 9.17) is 9.47 Å². The highest BCUT2D eigenvalue weighted by Gasteiger charge is 2.08. The molecule has 0 atom stereocenters. The monoisotopic (exact) mass is 350 g/mol. The van der Waals surface area contributed by atoms with Crippen LogP contribution in [-0.4, -0.2) is 25.2 Å². The highest BCUT2D eigenvalue weighted by Crippen LogP contribution is 2.29. The van der Waals surface area contributed by atoms with E-state index in [2.05, 4.69) is 26.2 Å². The lowest BCUT2D eigenvalue weighted by molar-refractivity contribution is 0.199. The minimum absolute atomic E-state index is 0.689. The van der Waals surface area contributed by atoms with E-state index >= 15 is 0 Å². The Morgan fingerprint density at radius 3 is 2.86 bits per heavy atom. The molecule has 5 heteroatoms. The van der Waals surface area contributed by atoms with Crippen molar-refractivity contribution in [3.63, 3.8) is 0 Å². The second kappa shape index (κ2) is 8.12. The third-order valence-electron chi connectivity index (χ3n) is 3.01. The van der Waals surface area contributed by atoms with Gasteiger partial charge in [-0.1, -0.05) is 22.0 Å². The molecule has 0 fully saturated rings. The van der Waals surface area contributed by atoms with Gasteiger partial charge in [0.25, 0.3) is 0 Å². The lowest BCUT2D eigenvalue weighted by atomic mass is 10.2. The van der Waals surface area contributed by atoms with E-state index in [1.807, 2.05) is 37.3 Å². The fraction of sp³-hybridized carbons (Fsp3) is 0.312. The minimum atomic E-state index is 0.689. The van der Waals surface area contributed by atoms with Crippen LogP contribution in [0, 0.1) is 6.92 Å². The summed E-state index contributed by atoms with van der Waals surface area (Å²) in [7, 11) is 1.70. The van der Waals surface area contributed by atoms with Gasteiger partial charge in [-0.25, -0.2) is 0 Å². The Hall–Kier alpha value is -1.43.